The molecule has 2 heterocycles. The van der Waals surface area contributed by atoms with Crippen LogP contribution in [0.1, 0.15) is 37.6 Å². The quantitative estimate of drug-likeness (QED) is 0.572. The molecule has 0 saturated heterocycles. The van der Waals surface area contributed by atoms with Crippen molar-refractivity contribution in [1.82, 2.24) is 9.97 Å². The molecule has 1 aromatic carbocycles. The number of nitrogens with one attached hydrogen (secondary N) is 2. The molecular weight excluding hydrogens is 328 g/mol. The van der Waals surface area contributed by atoms with Gasteiger partial charge in [0.15, 0.2) is 5.82 Å². The summed E-state index contributed by atoms with van der Waals surface area (Å²) in [5, 5.41) is 6.82. The Morgan fingerprint density at radius 3 is 2.76 bits per heavy atom. The highest BCUT2D eigenvalue weighted by Crippen LogP contribution is 2.34. The number of aromatic nitrogens is 2. The van der Waals surface area contributed by atoms with E-state index in [9.17, 15) is 0 Å². The molecular formula is C20H24N4S. The van der Waals surface area contributed by atoms with Crippen molar-refractivity contribution in [3.05, 3.63) is 47.1 Å². The van der Waals surface area contributed by atoms with Gasteiger partial charge in [-0.05, 0) is 62.6 Å². The summed E-state index contributed by atoms with van der Waals surface area (Å²) in [6, 6.07) is 8.47. The molecule has 4 nitrogen and oxygen atoms in total. The highest BCUT2D eigenvalue weighted by Gasteiger charge is 2.10. The van der Waals surface area contributed by atoms with E-state index in [1.165, 1.54) is 21.7 Å². The number of hydrogen-bond acceptors (Lipinski definition) is 5. The number of allylic oxidation sites excluding steroid dienone is 2. The molecule has 0 fully saturated rings. The molecule has 25 heavy (non-hydrogen) atoms. The fraction of sp³-hybridized carbons (Fsp3) is 0.300. The third-order valence-electron chi connectivity index (χ3n) is 4.07. The molecule has 0 aliphatic rings. The first-order chi connectivity index (χ1) is 12.1. The molecule has 0 radical (unpaired) electrons. The lowest BCUT2D eigenvalue weighted by molar-refractivity contribution is 1.20. The van der Waals surface area contributed by atoms with E-state index in [0.29, 0.717) is 0 Å². The summed E-state index contributed by atoms with van der Waals surface area (Å²) in [7, 11) is 0. The lowest BCUT2D eigenvalue weighted by Crippen LogP contribution is -2.00. The molecule has 0 unspecified atom stereocenters. The second-order valence-electron chi connectivity index (χ2n) is 6.03. The summed E-state index contributed by atoms with van der Waals surface area (Å²) in [4.78, 5) is 10.1. The Balaban J connectivity index is 1.93. The number of thiophene rings is 1. The molecule has 0 spiro atoms. The third kappa shape index (κ3) is 3.82. The maximum absolute atomic E-state index is 4.46. The van der Waals surface area contributed by atoms with E-state index >= 15 is 0 Å². The number of rotatable bonds is 6. The molecule has 2 aromatic heterocycles. The molecule has 0 saturated carbocycles. The first kappa shape index (κ1) is 17.4. The minimum Gasteiger partial charge on any atom is -0.385 e. The lowest BCUT2D eigenvalue weighted by atomic mass is 10.1. The first-order valence-electron chi connectivity index (χ1n) is 8.65. The SMILES string of the molecule is CC/C=C(\C)c1cc2ncnc(Nc3ccc(NCC)c(C)c3)c2s1. The van der Waals surface area contributed by atoms with Crippen LogP contribution in [0, 0.1) is 6.92 Å². The Bertz CT molecular complexity index is 911. The van der Waals surface area contributed by atoms with Crippen molar-refractivity contribution in [1.29, 1.82) is 0 Å². The molecule has 0 atom stereocenters. The maximum Gasteiger partial charge on any atom is 0.151 e. The smallest absolute Gasteiger partial charge is 0.151 e. The minimum absolute atomic E-state index is 0.862. The summed E-state index contributed by atoms with van der Waals surface area (Å²) in [5.41, 5.74) is 5.70. The van der Waals surface area contributed by atoms with Crippen LogP contribution in [-0.4, -0.2) is 16.5 Å². The first-order valence-corrected chi connectivity index (χ1v) is 9.47. The van der Waals surface area contributed by atoms with Gasteiger partial charge in [-0.15, -0.1) is 11.3 Å². The fourth-order valence-corrected chi connectivity index (χ4v) is 3.86. The van der Waals surface area contributed by atoms with E-state index in [-0.39, 0.29) is 0 Å². The van der Waals surface area contributed by atoms with Crippen LogP contribution in [0.2, 0.25) is 0 Å². The van der Waals surface area contributed by atoms with Crippen molar-refractivity contribution < 1.29 is 0 Å². The predicted molar refractivity (Wildman–Crippen MR) is 110 cm³/mol. The van der Waals surface area contributed by atoms with Crippen molar-refractivity contribution in [3.63, 3.8) is 0 Å². The van der Waals surface area contributed by atoms with Crippen molar-refractivity contribution in [3.8, 4) is 0 Å². The fourth-order valence-electron chi connectivity index (χ4n) is 2.81. The van der Waals surface area contributed by atoms with Gasteiger partial charge in [-0.2, -0.15) is 0 Å². The van der Waals surface area contributed by atoms with Crippen LogP contribution in [-0.2, 0) is 0 Å². The number of benzene rings is 1. The van der Waals surface area contributed by atoms with Crippen LogP contribution in [0.3, 0.4) is 0 Å². The molecule has 0 amide bonds. The molecule has 130 valence electrons. The molecule has 3 aromatic rings. The molecule has 5 heteroatoms. The predicted octanol–water partition coefficient (Wildman–Crippen LogP) is 5.99. The van der Waals surface area contributed by atoms with Gasteiger partial charge in [0.25, 0.3) is 0 Å². The standard InChI is InChI=1S/C20H24N4S/c1-5-7-13(3)18-11-17-19(25-18)20(23-12-22-17)24-15-8-9-16(21-6-2)14(4)10-15/h7-12,21H,5-6H2,1-4H3,(H,22,23,24)/b13-7+. The van der Waals surface area contributed by atoms with Crippen LogP contribution in [0.25, 0.3) is 15.8 Å². The Labute approximate surface area is 153 Å². The average molecular weight is 353 g/mol. The topological polar surface area (TPSA) is 49.8 Å². The Kier molecular flexibility index (Phi) is 5.34. The van der Waals surface area contributed by atoms with Crippen LogP contribution >= 0.6 is 11.3 Å². The van der Waals surface area contributed by atoms with Crippen LogP contribution in [0.15, 0.2) is 36.7 Å². The summed E-state index contributed by atoms with van der Waals surface area (Å²) >= 11 is 1.74. The summed E-state index contributed by atoms with van der Waals surface area (Å²) in [5.74, 6) is 0.862. The van der Waals surface area contributed by atoms with E-state index in [2.05, 4.69) is 78.6 Å². The lowest BCUT2D eigenvalue weighted by Gasteiger charge is -2.11. The Hall–Kier alpha value is -2.40. The van der Waals surface area contributed by atoms with E-state index in [0.717, 1.165) is 34.7 Å². The third-order valence-corrected chi connectivity index (χ3v) is 5.33. The zero-order valence-corrected chi connectivity index (χ0v) is 16.0. The van der Waals surface area contributed by atoms with E-state index in [1.807, 2.05) is 0 Å². The molecule has 0 aliphatic heterocycles. The molecule has 3 rings (SSSR count). The minimum atomic E-state index is 0.862. The number of anilines is 3. The second-order valence-corrected chi connectivity index (χ2v) is 7.08. The van der Waals surface area contributed by atoms with E-state index < -0.39 is 0 Å². The zero-order chi connectivity index (χ0) is 17.8. The number of hydrogen-bond donors (Lipinski definition) is 2. The van der Waals surface area contributed by atoms with Gasteiger partial charge in [0.05, 0.1) is 10.2 Å². The normalized spacial score (nSPS) is 11.8. The van der Waals surface area contributed by atoms with Gasteiger partial charge >= 0.3 is 0 Å². The Morgan fingerprint density at radius 2 is 2.04 bits per heavy atom. The van der Waals surface area contributed by atoms with Crippen LogP contribution in [0.5, 0.6) is 0 Å². The molecule has 2 N–H and O–H groups in total. The van der Waals surface area contributed by atoms with Gasteiger partial charge in [-0.25, -0.2) is 9.97 Å². The zero-order valence-electron chi connectivity index (χ0n) is 15.2. The monoisotopic (exact) mass is 352 g/mol. The van der Waals surface area contributed by atoms with E-state index in [1.54, 1.807) is 17.7 Å². The highest BCUT2D eigenvalue weighted by atomic mass is 32.1. The van der Waals surface area contributed by atoms with Gasteiger partial charge < -0.3 is 10.6 Å². The summed E-state index contributed by atoms with van der Waals surface area (Å²) < 4.78 is 1.09. The van der Waals surface area contributed by atoms with Gasteiger partial charge in [-0.3, -0.25) is 0 Å². The largest absolute Gasteiger partial charge is 0.385 e. The second kappa shape index (κ2) is 7.66. The number of fused-ring (bicyclic) bond motifs is 1. The summed E-state index contributed by atoms with van der Waals surface area (Å²) in [6.45, 7) is 9.44. The van der Waals surface area contributed by atoms with E-state index in [4.69, 9.17) is 0 Å². The van der Waals surface area contributed by atoms with Crippen LogP contribution < -0.4 is 10.6 Å². The Morgan fingerprint density at radius 1 is 1.20 bits per heavy atom. The molecule has 0 bridgehead atoms. The van der Waals surface area contributed by atoms with Gasteiger partial charge in [-0.1, -0.05) is 13.0 Å². The average Bonchev–Trinajstić information content (AvgIpc) is 3.03. The maximum atomic E-state index is 4.46. The van der Waals surface area contributed by atoms with Crippen LogP contribution in [0.4, 0.5) is 17.2 Å². The highest BCUT2D eigenvalue weighted by molar-refractivity contribution is 7.20. The van der Waals surface area contributed by atoms with Gasteiger partial charge in [0.2, 0.25) is 0 Å². The van der Waals surface area contributed by atoms with Crippen molar-refractivity contribution in [2.45, 2.75) is 34.1 Å². The van der Waals surface area contributed by atoms with Gasteiger partial charge in [0, 0.05) is 22.8 Å². The van der Waals surface area contributed by atoms with Crippen molar-refractivity contribution in [2.75, 3.05) is 17.2 Å². The number of nitrogens with zero attached hydrogens (tertiary/aromatic N) is 2. The molecule has 0 aliphatic carbocycles. The number of aryl methyl sites for hydroxylation is 1. The summed E-state index contributed by atoms with van der Waals surface area (Å²) in [6.07, 6.45) is 4.91. The van der Waals surface area contributed by atoms with Crippen molar-refractivity contribution >= 4 is 44.3 Å². The van der Waals surface area contributed by atoms with Crippen molar-refractivity contribution in [2.24, 2.45) is 0 Å². The van der Waals surface area contributed by atoms with Gasteiger partial charge in [0.1, 0.15) is 6.33 Å².